The molecule has 3 aromatic heterocycles. The van der Waals surface area contributed by atoms with E-state index in [2.05, 4.69) is 4.99 Å². The standard InChI is InChI=1S/C14H7BF2N2O3S/c1-18-10-6-3-23-13-8(15-14(21)22)12(20)4-2-5(16)9(17)7(10)11(4)19(6)13/h2-3,15H,1H3,(H,21,22). The van der Waals surface area contributed by atoms with Crippen molar-refractivity contribution in [2.45, 2.75) is 0 Å². The number of thiazole rings is 1. The number of pyridine rings is 1. The van der Waals surface area contributed by atoms with E-state index in [1.54, 1.807) is 9.78 Å². The van der Waals surface area contributed by atoms with Crippen molar-refractivity contribution >= 4 is 56.6 Å². The van der Waals surface area contributed by atoms with Gasteiger partial charge in [-0.15, -0.1) is 11.3 Å². The summed E-state index contributed by atoms with van der Waals surface area (Å²) in [6.07, 6.45) is 0. The van der Waals surface area contributed by atoms with Gasteiger partial charge in [-0.2, -0.15) is 0 Å². The first-order valence-electron chi connectivity index (χ1n) is 6.61. The number of hydrogen-bond donors (Lipinski definition) is 1. The summed E-state index contributed by atoms with van der Waals surface area (Å²) in [6, 6.07) is 0.828. The number of carboxylic acid groups (broad SMARTS) is 1. The highest BCUT2D eigenvalue weighted by Crippen LogP contribution is 2.28. The number of hydrogen-bond acceptors (Lipinski definition) is 4. The van der Waals surface area contributed by atoms with E-state index >= 15 is 0 Å². The predicted molar refractivity (Wildman–Crippen MR) is 85.1 cm³/mol. The molecule has 1 aromatic carbocycles. The van der Waals surface area contributed by atoms with Crippen LogP contribution in [-0.2, 0) is 0 Å². The summed E-state index contributed by atoms with van der Waals surface area (Å²) in [4.78, 5) is 28.1. The van der Waals surface area contributed by atoms with Gasteiger partial charge >= 0.3 is 7.28 Å². The van der Waals surface area contributed by atoms with Crippen LogP contribution in [0.1, 0.15) is 0 Å². The molecule has 114 valence electrons. The summed E-state index contributed by atoms with van der Waals surface area (Å²) in [5, 5.41) is 10.9. The molecule has 0 aliphatic carbocycles. The quantitative estimate of drug-likeness (QED) is 0.559. The van der Waals surface area contributed by atoms with Crippen LogP contribution in [0.5, 0.6) is 0 Å². The Bertz CT molecular complexity index is 1230. The zero-order chi connectivity index (χ0) is 16.5. The largest absolute Gasteiger partial charge is 0.489 e. The van der Waals surface area contributed by atoms with Crippen LogP contribution in [0, 0.1) is 11.6 Å². The van der Waals surface area contributed by atoms with Crippen LogP contribution in [0.3, 0.4) is 0 Å². The van der Waals surface area contributed by atoms with Crippen LogP contribution in [0.25, 0.3) is 26.6 Å². The lowest BCUT2D eigenvalue weighted by atomic mass is 9.71. The van der Waals surface area contributed by atoms with Gasteiger partial charge in [0.05, 0.1) is 26.6 Å². The summed E-state index contributed by atoms with van der Waals surface area (Å²) in [5.74, 6) is -3.37. The fourth-order valence-electron chi connectivity index (χ4n) is 3.08. The average Bonchev–Trinajstić information content (AvgIpc) is 3.05. The molecule has 4 aromatic rings. The van der Waals surface area contributed by atoms with Gasteiger partial charge < -0.3 is 5.11 Å². The van der Waals surface area contributed by atoms with Crippen molar-refractivity contribution in [3.8, 4) is 0 Å². The lowest BCUT2D eigenvalue weighted by Crippen LogP contribution is -2.36. The van der Waals surface area contributed by atoms with Crippen molar-refractivity contribution in [1.82, 2.24) is 4.40 Å². The lowest BCUT2D eigenvalue weighted by Gasteiger charge is -2.06. The molecule has 0 amide bonds. The second-order valence-electron chi connectivity index (χ2n) is 5.16. The van der Waals surface area contributed by atoms with Gasteiger partial charge in [-0.1, -0.05) is 0 Å². The first kappa shape index (κ1) is 14.1. The second kappa shape index (κ2) is 4.48. The molecular weight excluding hydrogens is 325 g/mol. The van der Waals surface area contributed by atoms with Crippen molar-refractivity contribution in [1.29, 1.82) is 0 Å². The Morgan fingerprint density at radius 2 is 2.17 bits per heavy atom. The molecule has 0 atom stereocenters. The normalized spacial score (nSPS) is 12.9. The van der Waals surface area contributed by atoms with Crippen LogP contribution in [0.15, 0.2) is 21.2 Å². The van der Waals surface area contributed by atoms with Crippen LogP contribution in [0.2, 0.25) is 0 Å². The first-order valence-corrected chi connectivity index (χ1v) is 7.49. The first-order chi connectivity index (χ1) is 11.0. The monoisotopic (exact) mass is 332 g/mol. The van der Waals surface area contributed by atoms with Gasteiger partial charge in [0.25, 0.3) is 5.87 Å². The van der Waals surface area contributed by atoms with Crippen LogP contribution >= 0.6 is 11.3 Å². The van der Waals surface area contributed by atoms with Gasteiger partial charge in [-0.05, 0) is 6.07 Å². The van der Waals surface area contributed by atoms with Crippen LogP contribution < -0.4 is 16.2 Å². The van der Waals surface area contributed by atoms with Gasteiger partial charge in [-0.3, -0.25) is 19.0 Å². The summed E-state index contributed by atoms with van der Waals surface area (Å²) in [6.45, 7) is 0. The average molecular weight is 332 g/mol. The molecule has 0 aliphatic heterocycles. The molecule has 0 bridgehead atoms. The zero-order valence-electron chi connectivity index (χ0n) is 11.7. The fourth-order valence-corrected chi connectivity index (χ4v) is 4.12. The molecule has 5 nitrogen and oxygen atoms in total. The molecule has 0 fully saturated rings. The maximum atomic E-state index is 14.3. The Balaban J connectivity index is 2.42. The molecule has 9 heteroatoms. The van der Waals surface area contributed by atoms with Gasteiger partial charge in [0, 0.05) is 23.3 Å². The van der Waals surface area contributed by atoms with E-state index in [1.807, 2.05) is 0 Å². The molecule has 0 saturated carbocycles. The maximum absolute atomic E-state index is 14.3. The summed E-state index contributed by atoms with van der Waals surface area (Å²) < 4.78 is 29.8. The van der Waals surface area contributed by atoms with E-state index in [4.69, 9.17) is 5.11 Å². The molecule has 3 heterocycles. The minimum atomic E-state index is -1.16. The third kappa shape index (κ3) is 1.62. The number of benzene rings is 1. The van der Waals surface area contributed by atoms with E-state index < -0.39 is 30.2 Å². The van der Waals surface area contributed by atoms with E-state index in [1.165, 1.54) is 18.4 Å². The maximum Gasteiger partial charge on any atom is 0.301 e. The van der Waals surface area contributed by atoms with Crippen LogP contribution in [0.4, 0.5) is 13.6 Å². The highest BCUT2D eigenvalue weighted by atomic mass is 32.1. The topological polar surface area (TPSA) is 71.1 Å². The molecule has 4 rings (SSSR count). The smallest absolute Gasteiger partial charge is 0.301 e. The lowest BCUT2D eigenvalue weighted by molar-refractivity contribution is 0.220. The third-order valence-corrected chi connectivity index (χ3v) is 4.94. The van der Waals surface area contributed by atoms with Gasteiger partial charge in [-0.25, -0.2) is 8.78 Å². The zero-order valence-corrected chi connectivity index (χ0v) is 12.5. The van der Waals surface area contributed by atoms with Crippen molar-refractivity contribution in [3.05, 3.63) is 38.7 Å². The number of carbonyl (C=O) groups is 1. The van der Waals surface area contributed by atoms with Crippen molar-refractivity contribution < 1.29 is 18.7 Å². The van der Waals surface area contributed by atoms with E-state index in [9.17, 15) is 18.4 Å². The van der Waals surface area contributed by atoms with Crippen molar-refractivity contribution in [2.75, 3.05) is 7.05 Å². The molecule has 0 spiro atoms. The highest BCUT2D eigenvalue weighted by molar-refractivity contribution is 7.18. The molecule has 0 saturated heterocycles. The van der Waals surface area contributed by atoms with Crippen LogP contribution in [-0.4, -0.2) is 29.7 Å². The summed E-state index contributed by atoms with van der Waals surface area (Å²) in [5.41, 5.74) is 0.252. The summed E-state index contributed by atoms with van der Waals surface area (Å²) in [7, 11) is 0.975. The number of nitrogens with zero attached hydrogens (tertiary/aromatic N) is 2. The molecule has 1 N–H and O–H groups in total. The Morgan fingerprint density at radius 3 is 2.83 bits per heavy atom. The Kier molecular flexibility index (Phi) is 2.74. The van der Waals surface area contributed by atoms with E-state index in [-0.39, 0.29) is 27.1 Å². The molecule has 0 radical (unpaired) electrons. The highest BCUT2D eigenvalue weighted by Gasteiger charge is 2.26. The minimum Gasteiger partial charge on any atom is -0.489 e. The van der Waals surface area contributed by atoms with E-state index in [0.29, 0.717) is 10.3 Å². The van der Waals surface area contributed by atoms with E-state index in [0.717, 1.165) is 6.07 Å². The minimum absolute atomic E-state index is 0.0362. The molecular formula is C14H7BF2N2O3S. The molecule has 0 aliphatic rings. The molecule has 23 heavy (non-hydrogen) atoms. The number of rotatable bonds is 2. The number of aromatic nitrogens is 1. The Hall–Kier alpha value is -2.55. The Labute approximate surface area is 131 Å². The summed E-state index contributed by atoms with van der Waals surface area (Å²) >= 11 is 1.19. The predicted octanol–water partition coefficient (Wildman–Crippen LogP) is 1.09. The van der Waals surface area contributed by atoms with Crippen molar-refractivity contribution in [3.63, 3.8) is 0 Å². The molecule has 0 unspecified atom stereocenters. The third-order valence-electron chi connectivity index (χ3n) is 3.95. The number of halogens is 2. The SMILES string of the molecule is CN=c1c2c(F)c(F)cc3c(=O)c(BC(=O)O)c4scc1n4c32. The fraction of sp³-hybridized carbons (Fsp3) is 0.0714. The second-order valence-corrected chi connectivity index (χ2v) is 6.01. The van der Waals surface area contributed by atoms with Crippen molar-refractivity contribution in [2.24, 2.45) is 4.99 Å². The van der Waals surface area contributed by atoms with Gasteiger partial charge in [0.15, 0.2) is 17.1 Å². The van der Waals surface area contributed by atoms with Gasteiger partial charge in [0.2, 0.25) is 0 Å². The Morgan fingerprint density at radius 1 is 1.43 bits per heavy atom. The van der Waals surface area contributed by atoms with Gasteiger partial charge in [0.1, 0.15) is 0 Å².